The van der Waals surface area contributed by atoms with Crippen molar-refractivity contribution in [3.05, 3.63) is 43.2 Å². The van der Waals surface area contributed by atoms with E-state index < -0.39 is 8.10 Å². The van der Waals surface area contributed by atoms with E-state index in [2.05, 4.69) is 40.7 Å². The second kappa shape index (κ2) is 9.66. The number of aromatic nitrogens is 7. The van der Waals surface area contributed by atoms with Gasteiger partial charge in [-0.05, 0) is 40.1 Å². The van der Waals surface area contributed by atoms with Gasteiger partial charge in [0, 0.05) is 30.1 Å². The van der Waals surface area contributed by atoms with E-state index in [0.717, 1.165) is 40.9 Å². The van der Waals surface area contributed by atoms with Crippen molar-refractivity contribution in [1.29, 1.82) is 0 Å². The fourth-order valence-corrected chi connectivity index (χ4v) is 6.16. The minimum absolute atomic E-state index is 0.0374. The molecule has 1 saturated heterocycles. The Bertz CT molecular complexity index is 1340. The van der Waals surface area contributed by atoms with Crippen LogP contribution >= 0.6 is 8.10 Å². The van der Waals surface area contributed by atoms with Crippen molar-refractivity contribution in [3.8, 4) is 22.5 Å². The Morgan fingerprint density at radius 1 is 1.11 bits per heavy atom. The van der Waals surface area contributed by atoms with E-state index in [1.807, 2.05) is 70.5 Å². The number of likely N-dealkylation sites (N-methyl/N-ethyl adjacent to an activating group) is 1. The average Bonchev–Trinajstić information content (AvgIpc) is 3.59. The Kier molecular flexibility index (Phi) is 6.59. The maximum Gasteiger partial charge on any atom is 0.205 e. The van der Waals surface area contributed by atoms with Crippen molar-refractivity contribution in [1.82, 2.24) is 48.8 Å². The molecule has 1 aliphatic heterocycles. The molecule has 0 aliphatic carbocycles. The molecule has 0 bridgehead atoms. The summed E-state index contributed by atoms with van der Waals surface area (Å²) in [5.74, 6) is 0. The Morgan fingerprint density at radius 3 is 2.60 bits per heavy atom. The van der Waals surface area contributed by atoms with Gasteiger partial charge in [0.1, 0.15) is 0 Å². The highest BCUT2D eigenvalue weighted by Crippen LogP contribution is 2.42. The van der Waals surface area contributed by atoms with Crippen molar-refractivity contribution < 1.29 is 4.57 Å². The van der Waals surface area contributed by atoms with Crippen molar-refractivity contribution >= 4 is 13.6 Å². The molecule has 1 N–H and O–H groups in total. The number of nitrogens with zero attached hydrogens (tertiary/aromatic N) is 9. The standard InChI is InChI=1S/C23H33N10OP/c1-6-18(7-2)30-13-17(11-26-30)22-20-8-9-25-32(20)14-19(28-22)16-10-27-31(12-16)21-15-33(23(21)24-3)35(34)29(4)5/h8-14,18,21,23-24,35H,6-7,15H2,1-5H3. The van der Waals surface area contributed by atoms with Crippen LogP contribution in [0.4, 0.5) is 0 Å². The molecule has 0 radical (unpaired) electrons. The third kappa shape index (κ3) is 4.23. The SMILES string of the molecule is CCC(CC)n1cc(-c2nc(-c3cnn(C4CN([PH](=O)N(C)C)C4NC)c3)cn3nccc23)cn1. The number of fused-ring (bicyclic) bond motifs is 1. The number of hydrogen-bond donors (Lipinski definition) is 1. The van der Waals surface area contributed by atoms with Crippen molar-refractivity contribution in [2.24, 2.45) is 0 Å². The molecule has 3 atom stereocenters. The zero-order valence-electron chi connectivity index (χ0n) is 20.8. The lowest BCUT2D eigenvalue weighted by Crippen LogP contribution is -2.60. The van der Waals surface area contributed by atoms with Gasteiger partial charge in [0.25, 0.3) is 0 Å². The third-order valence-corrected chi connectivity index (χ3v) is 8.54. The molecule has 0 amide bonds. The summed E-state index contributed by atoms with van der Waals surface area (Å²) in [6, 6.07) is 2.43. The summed E-state index contributed by atoms with van der Waals surface area (Å²) in [6.07, 6.45) is 13.5. The lowest BCUT2D eigenvalue weighted by atomic mass is 10.1. The van der Waals surface area contributed by atoms with E-state index >= 15 is 0 Å². The number of rotatable bonds is 9. The zero-order chi connectivity index (χ0) is 24.7. The van der Waals surface area contributed by atoms with Crippen LogP contribution in [0.2, 0.25) is 0 Å². The van der Waals surface area contributed by atoms with Crippen molar-refractivity contribution in [2.45, 2.75) is 44.9 Å². The lowest BCUT2D eigenvalue weighted by Gasteiger charge is -2.47. The Balaban J connectivity index is 1.46. The maximum absolute atomic E-state index is 12.6. The summed E-state index contributed by atoms with van der Waals surface area (Å²) < 4.78 is 22.2. The van der Waals surface area contributed by atoms with Crippen LogP contribution in [0, 0.1) is 0 Å². The highest BCUT2D eigenvalue weighted by Gasteiger charge is 2.43. The summed E-state index contributed by atoms with van der Waals surface area (Å²) in [4.78, 5) is 5.01. The minimum Gasteiger partial charge on any atom is -0.303 e. The monoisotopic (exact) mass is 496 g/mol. The van der Waals surface area contributed by atoms with Gasteiger partial charge >= 0.3 is 0 Å². The highest BCUT2D eigenvalue weighted by molar-refractivity contribution is 7.39. The normalized spacial score (nSPS) is 19.6. The Labute approximate surface area is 205 Å². The molecule has 4 aromatic heterocycles. The summed E-state index contributed by atoms with van der Waals surface area (Å²) >= 11 is 0. The fraction of sp³-hybridized carbons (Fsp3) is 0.478. The van der Waals surface area contributed by atoms with Gasteiger partial charge in [0.05, 0.1) is 59.9 Å². The van der Waals surface area contributed by atoms with Gasteiger partial charge in [-0.25, -0.2) is 18.8 Å². The molecule has 3 unspecified atom stereocenters. The fourth-order valence-electron chi connectivity index (χ4n) is 4.77. The van der Waals surface area contributed by atoms with Crippen LogP contribution in [0.5, 0.6) is 0 Å². The second-order valence-corrected chi connectivity index (χ2v) is 11.2. The quantitative estimate of drug-likeness (QED) is 0.353. The first-order valence-corrected chi connectivity index (χ1v) is 13.3. The summed E-state index contributed by atoms with van der Waals surface area (Å²) in [5, 5.41) is 17.0. The first-order valence-electron chi connectivity index (χ1n) is 12.0. The van der Waals surface area contributed by atoms with Crippen LogP contribution in [-0.2, 0) is 4.57 Å². The molecule has 0 aromatic carbocycles. The summed E-state index contributed by atoms with van der Waals surface area (Å²) in [6.45, 7) is 5.04. The van der Waals surface area contributed by atoms with Gasteiger partial charge < -0.3 is 5.32 Å². The van der Waals surface area contributed by atoms with E-state index in [1.165, 1.54) is 0 Å². The molecule has 1 aliphatic rings. The first-order chi connectivity index (χ1) is 16.9. The highest BCUT2D eigenvalue weighted by atomic mass is 31.1. The lowest BCUT2D eigenvalue weighted by molar-refractivity contribution is 0.0740. The van der Waals surface area contributed by atoms with E-state index in [4.69, 9.17) is 4.98 Å². The molecule has 186 valence electrons. The first kappa shape index (κ1) is 23.9. The summed E-state index contributed by atoms with van der Waals surface area (Å²) in [7, 11) is 3.60. The van der Waals surface area contributed by atoms with Crippen molar-refractivity contribution in [2.75, 3.05) is 27.7 Å². The van der Waals surface area contributed by atoms with E-state index in [-0.39, 0.29) is 12.2 Å². The smallest absolute Gasteiger partial charge is 0.205 e. The molecular formula is C23H33N10OP. The molecule has 0 saturated carbocycles. The van der Waals surface area contributed by atoms with Crippen LogP contribution in [0.25, 0.3) is 28.0 Å². The van der Waals surface area contributed by atoms with Crippen LogP contribution in [0.3, 0.4) is 0 Å². The van der Waals surface area contributed by atoms with Gasteiger partial charge in [-0.15, -0.1) is 0 Å². The predicted octanol–water partition coefficient (Wildman–Crippen LogP) is 3.17. The Morgan fingerprint density at radius 2 is 1.89 bits per heavy atom. The van der Waals surface area contributed by atoms with Crippen LogP contribution in [-0.4, -0.2) is 77.4 Å². The van der Waals surface area contributed by atoms with Crippen molar-refractivity contribution in [3.63, 3.8) is 0 Å². The molecule has 11 nitrogen and oxygen atoms in total. The predicted molar refractivity (Wildman–Crippen MR) is 136 cm³/mol. The molecule has 12 heteroatoms. The van der Waals surface area contributed by atoms with Gasteiger partial charge in [-0.3, -0.25) is 13.9 Å². The molecule has 5 rings (SSSR count). The number of hydrogen-bond acceptors (Lipinski definition) is 6. The van der Waals surface area contributed by atoms with Gasteiger partial charge in [-0.1, -0.05) is 13.8 Å². The van der Waals surface area contributed by atoms with Gasteiger partial charge in [-0.2, -0.15) is 15.3 Å². The minimum atomic E-state index is -1.97. The van der Waals surface area contributed by atoms with E-state index in [9.17, 15) is 4.57 Å². The number of nitrogens with one attached hydrogen (secondary N) is 1. The van der Waals surface area contributed by atoms with Gasteiger partial charge in [0.2, 0.25) is 8.10 Å². The van der Waals surface area contributed by atoms with Crippen LogP contribution < -0.4 is 5.32 Å². The zero-order valence-corrected chi connectivity index (χ0v) is 21.8. The van der Waals surface area contributed by atoms with Crippen LogP contribution in [0.1, 0.15) is 38.8 Å². The molecule has 4 aromatic rings. The molecule has 5 heterocycles. The third-order valence-electron chi connectivity index (χ3n) is 6.83. The topological polar surface area (TPSA) is 101 Å². The summed E-state index contributed by atoms with van der Waals surface area (Å²) in [5.41, 5.74) is 4.44. The van der Waals surface area contributed by atoms with E-state index in [0.29, 0.717) is 12.6 Å². The molecule has 1 fully saturated rings. The second-order valence-electron chi connectivity index (χ2n) is 9.15. The maximum atomic E-state index is 12.6. The molecule has 35 heavy (non-hydrogen) atoms. The average molecular weight is 497 g/mol. The Hall–Kier alpha value is -2.85. The van der Waals surface area contributed by atoms with Crippen LogP contribution in [0.15, 0.2) is 43.2 Å². The molecule has 0 spiro atoms. The van der Waals surface area contributed by atoms with Gasteiger partial charge in [0.15, 0.2) is 0 Å². The van der Waals surface area contributed by atoms with E-state index in [1.54, 1.807) is 10.9 Å². The molecular weight excluding hydrogens is 463 g/mol. The largest absolute Gasteiger partial charge is 0.303 e.